The van der Waals surface area contributed by atoms with E-state index in [9.17, 15) is 13.2 Å². The fourth-order valence-electron chi connectivity index (χ4n) is 4.52. The maximum Gasteiger partial charge on any atom is 0.417 e. The van der Waals surface area contributed by atoms with Crippen molar-refractivity contribution >= 4 is 17.4 Å². The van der Waals surface area contributed by atoms with Gasteiger partial charge in [-0.25, -0.2) is 14.6 Å². The van der Waals surface area contributed by atoms with Crippen LogP contribution in [0.3, 0.4) is 0 Å². The highest BCUT2D eigenvalue weighted by Gasteiger charge is 2.35. The molecular weight excluding hydrogens is 469 g/mol. The number of hydrogen-bond acceptors (Lipinski definition) is 5. The Hall–Kier alpha value is -2.98. The van der Waals surface area contributed by atoms with Crippen molar-refractivity contribution in [1.29, 1.82) is 5.41 Å². The van der Waals surface area contributed by atoms with Crippen molar-refractivity contribution in [3.8, 4) is 11.4 Å². The third-order valence-electron chi connectivity index (χ3n) is 6.22. The molecule has 1 fully saturated rings. The van der Waals surface area contributed by atoms with Crippen LogP contribution < -0.4 is 0 Å². The summed E-state index contributed by atoms with van der Waals surface area (Å²) in [6, 6.07) is 5.52. The highest BCUT2D eigenvalue weighted by Crippen LogP contribution is 2.37. The smallest absolute Gasteiger partial charge is 0.356 e. The molecular formula is C23H22ClF3N6O. The summed E-state index contributed by atoms with van der Waals surface area (Å²) in [4.78, 5) is 10.6. The number of benzene rings is 1. The van der Waals surface area contributed by atoms with Gasteiger partial charge in [-0.1, -0.05) is 17.7 Å². The number of aromatic nitrogens is 4. The van der Waals surface area contributed by atoms with E-state index < -0.39 is 16.8 Å². The maximum atomic E-state index is 13.3. The van der Waals surface area contributed by atoms with Gasteiger partial charge in [0.2, 0.25) is 0 Å². The maximum absolute atomic E-state index is 13.3. The van der Waals surface area contributed by atoms with Crippen LogP contribution in [0.4, 0.5) is 13.2 Å². The monoisotopic (exact) mass is 490 g/mol. The van der Waals surface area contributed by atoms with Gasteiger partial charge in [-0.3, -0.25) is 5.41 Å². The first-order valence-electron chi connectivity index (χ1n) is 11.0. The number of fused-ring (bicyclic) bond motifs is 1. The van der Waals surface area contributed by atoms with Crippen molar-refractivity contribution < 1.29 is 17.9 Å². The van der Waals surface area contributed by atoms with Crippen molar-refractivity contribution in [3.63, 3.8) is 0 Å². The second-order valence-corrected chi connectivity index (χ2v) is 8.69. The Labute approximate surface area is 199 Å². The van der Waals surface area contributed by atoms with Crippen LogP contribution in [0, 0.1) is 5.41 Å². The van der Waals surface area contributed by atoms with E-state index in [-0.39, 0.29) is 24.2 Å². The van der Waals surface area contributed by atoms with E-state index >= 15 is 0 Å². The summed E-state index contributed by atoms with van der Waals surface area (Å²) in [5, 5.41) is 12.6. The van der Waals surface area contributed by atoms with Gasteiger partial charge >= 0.3 is 6.18 Å². The van der Waals surface area contributed by atoms with E-state index in [1.807, 2.05) is 10.7 Å². The molecule has 34 heavy (non-hydrogen) atoms. The van der Waals surface area contributed by atoms with Crippen molar-refractivity contribution in [3.05, 3.63) is 64.2 Å². The van der Waals surface area contributed by atoms with Crippen molar-refractivity contribution in [2.24, 2.45) is 0 Å². The van der Waals surface area contributed by atoms with Crippen LogP contribution in [0.5, 0.6) is 0 Å². The number of rotatable bonds is 3. The summed E-state index contributed by atoms with van der Waals surface area (Å²) in [5.74, 6) is -0.0671. The molecule has 1 N–H and O–H groups in total. The minimum absolute atomic E-state index is 0.0433. The van der Waals surface area contributed by atoms with E-state index in [1.54, 1.807) is 11.1 Å². The largest absolute Gasteiger partial charge is 0.417 e. The van der Waals surface area contributed by atoms with Crippen molar-refractivity contribution in [2.45, 2.75) is 44.6 Å². The summed E-state index contributed by atoms with van der Waals surface area (Å²) in [6.45, 7) is 1.39. The Morgan fingerprint density at radius 3 is 2.79 bits per heavy atom. The molecule has 0 amide bonds. The Morgan fingerprint density at radius 2 is 2.03 bits per heavy atom. The van der Waals surface area contributed by atoms with Crippen LogP contribution in [0.25, 0.3) is 11.4 Å². The molecule has 2 aromatic heterocycles. The molecule has 0 spiro atoms. The fourth-order valence-corrected chi connectivity index (χ4v) is 4.84. The highest BCUT2D eigenvalue weighted by atomic mass is 35.5. The normalized spacial score (nSPS) is 18.6. The predicted octanol–water partition coefficient (Wildman–Crippen LogP) is 5.10. The van der Waals surface area contributed by atoms with E-state index in [2.05, 4.69) is 15.1 Å². The Kier molecular flexibility index (Phi) is 6.03. The van der Waals surface area contributed by atoms with Gasteiger partial charge in [0.15, 0.2) is 6.23 Å². The van der Waals surface area contributed by atoms with Crippen LogP contribution in [-0.4, -0.2) is 43.6 Å². The fraction of sp³-hybridized carbons (Fsp3) is 0.391. The SMILES string of the molecule is N=C(c1cccc(C(F)(F)F)c1Cl)N1CCc2c(ncnc2-c2ccnn2C2CCCCO2)C1. The molecule has 3 aromatic rings. The molecule has 11 heteroatoms. The zero-order valence-electron chi connectivity index (χ0n) is 18.1. The first-order chi connectivity index (χ1) is 16.3. The molecule has 0 aliphatic carbocycles. The van der Waals surface area contributed by atoms with Crippen molar-refractivity contribution in [1.82, 2.24) is 24.6 Å². The first-order valence-corrected chi connectivity index (χ1v) is 11.4. The van der Waals surface area contributed by atoms with Gasteiger partial charge in [0.1, 0.15) is 12.2 Å². The lowest BCUT2D eigenvalue weighted by Gasteiger charge is -2.31. The topological polar surface area (TPSA) is 79.9 Å². The van der Waals surface area contributed by atoms with E-state index in [1.165, 1.54) is 18.5 Å². The molecule has 0 saturated carbocycles. The van der Waals surface area contributed by atoms with Crippen LogP contribution >= 0.6 is 11.6 Å². The summed E-state index contributed by atoms with van der Waals surface area (Å²) in [7, 11) is 0. The van der Waals surface area contributed by atoms with E-state index in [4.69, 9.17) is 21.7 Å². The summed E-state index contributed by atoms with van der Waals surface area (Å²) < 4.78 is 47.6. The Balaban J connectivity index is 1.43. The average Bonchev–Trinajstić information content (AvgIpc) is 3.32. The molecule has 4 heterocycles. The Bertz CT molecular complexity index is 1220. The zero-order valence-corrected chi connectivity index (χ0v) is 18.9. The highest BCUT2D eigenvalue weighted by molar-refractivity contribution is 6.34. The number of alkyl halides is 3. The van der Waals surface area contributed by atoms with Crippen LogP contribution in [0.2, 0.25) is 5.02 Å². The lowest BCUT2D eigenvalue weighted by molar-refractivity contribution is -0.137. The van der Waals surface area contributed by atoms with E-state index in [0.717, 1.165) is 48.0 Å². The first kappa shape index (κ1) is 22.8. The number of nitrogens with zero attached hydrogens (tertiary/aromatic N) is 5. The number of nitrogens with one attached hydrogen (secondary N) is 1. The molecule has 0 radical (unpaired) electrons. The molecule has 1 saturated heterocycles. The standard InChI is InChI=1S/C23H22ClF3N6O/c24-20-15(4-3-5-16(20)23(25,26)27)22(28)32-10-8-14-17(12-32)29-13-30-21(14)18-7-9-31-33(18)19-6-1-2-11-34-19/h3-5,7,9,13,19,28H,1-2,6,8,10-12H2. The minimum Gasteiger partial charge on any atom is -0.356 e. The Morgan fingerprint density at radius 1 is 1.18 bits per heavy atom. The molecule has 0 bridgehead atoms. The third-order valence-corrected chi connectivity index (χ3v) is 6.63. The molecule has 5 rings (SSSR count). The third kappa shape index (κ3) is 4.16. The quantitative estimate of drug-likeness (QED) is 0.408. The van der Waals surface area contributed by atoms with Gasteiger partial charge in [-0.05, 0) is 43.9 Å². The molecule has 1 atom stereocenters. The van der Waals surface area contributed by atoms with Gasteiger partial charge in [0, 0.05) is 30.5 Å². The van der Waals surface area contributed by atoms with Gasteiger partial charge in [0.25, 0.3) is 0 Å². The van der Waals surface area contributed by atoms with Gasteiger partial charge in [-0.15, -0.1) is 0 Å². The predicted molar refractivity (Wildman–Crippen MR) is 119 cm³/mol. The van der Waals surface area contributed by atoms with Crippen LogP contribution in [0.1, 0.15) is 47.9 Å². The molecule has 2 aliphatic rings. The molecule has 7 nitrogen and oxygen atoms in total. The number of halogens is 4. The second kappa shape index (κ2) is 8.99. The summed E-state index contributed by atoms with van der Waals surface area (Å²) in [6.07, 6.45) is 1.98. The van der Waals surface area contributed by atoms with Crippen molar-refractivity contribution in [2.75, 3.05) is 13.2 Å². The minimum atomic E-state index is -4.59. The lowest BCUT2D eigenvalue weighted by atomic mass is 9.99. The number of hydrogen-bond donors (Lipinski definition) is 1. The summed E-state index contributed by atoms with van der Waals surface area (Å²) >= 11 is 6.06. The number of amidine groups is 1. The second-order valence-electron chi connectivity index (χ2n) is 8.31. The van der Waals surface area contributed by atoms with Crippen LogP contribution in [-0.2, 0) is 23.9 Å². The van der Waals surface area contributed by atoms with E-state index in [0.29, 0.717) is 19.6 Å². The summed E-state index contributed by atoms with van der Waals surface area (Å²) in [5.41, 5.74) is 2.37. The zero-order chi connectivity index (χ0) is 23.9. The van der Waals surface area contributed by atoms with Gasteiger partial charge in [0.05, 0.1) is 34.2 Å². The van der Waals surface area contributed by atoms with Gasteiger partial charge < -0.3 is 9.64 Å². The lowest BCUT2D eigenvalue weighted by Crippen LogP contribution is -2.37. The molecule has 178 valence electrons. The van der Waals surface area contributed by atoms with Gasteiger partial charge in [-0.2, -0.15) is 18.3 Å². The average molecular weight is 491 g/mol. The molecule has 1 unspecified atom stereocenters. The van der Waals surface area contributed by atoms with Crippen LogP contribution in [0.15, 0.2) is 36.8 Å². The number of ether oxygens (including phenoxy) is 1. The molecule has 1 aromatic carbocycles. The molecule has 2 aliphatic heterocycles.